The molecule has 7 heteroatoms. The van der Waals surface area contributed by atoms with Crippen molar-refractivity contribution in [3.63, 3.8) is 0 Å². The normalized spacial score (nSPS) is 30.2. The predicted molar refractivity (Wildman–Crippen MR) is 101 cm³/mol. The molecule has 0 unspecified atom stereocenters. The molecule has 4 amide bonds. The molecule has 1 atom stereocenters. The molecule has 0 saturated carbocycles. The minimum atomic E-state index is -0.447. The molecule has 0 aliphatic carbocycles. The first kappa shape index (κ1) is 18.6. The van der Waals surface area contributed by atoms with Gasteiger partial charge < -0.3 is 19.6 Å². The maximum absolute atomic E-state index is 13.3. The van der Waals surface area contributed by atoms with Crippen LogP contribution >= 0.6 is 0 Å². The molecule has 4 aliphatic heterocycles. The first-order valence-corrected chi connectivity index (χ1v) is 10.5. The molecule has 4 fully saturated rings. The van der Waals surface area contributed by atoms with E-state index in [2.05, 4.69) is 0 Å². The van der Waals surface area contributed by atoms with Crippen molar-refractivity contribution < 1.29 is 14.4 Å². The predicted octanol–water partition coefficient (Wildman–Crippen LogP) is 1.39. The van der Waals surface area contributed by atoms with Crippen molar-refractivity contribution in [1.29, 1.82) is 0 Å². The molecule has 27 heavy (non-hydrogen) atoms. The molecule has 0 N–H and O–H groups in total. The zero-order valence-corrected chi connectivity index (χ0v) is 16.7. The molecule has 0 bridgehead atoms. The van der Waals surface area contributed by atoms with Crippen LogP contribution in [0.25, 0.3) is 0 Å². The van der Waals surface area contributed by atoms with Gasteiger partial charge >= 0.3 is 6.03 Å². The van der Waals surface area contributed by atoms with Crippen molar-refractivity contribution in [2.45, 2.75) is 46.0 Å². The Kier molecular flexibility index (Phi) is 4.59. The zero-order chi connectivity index (χ0) is 19.2. The Morgan fingerprint density at radius 3 is 2.07 bits per heavy atom. The number of hydrogen-bond acceptors (Lipinski definition) is 3. The van der Waals surface area contributed by atoms with Crippen LogP contribution in [0.5, 0.6) is 0 Å². The first-order chi connectivity index (χ1) is 12.9. The summed E-state index contributed by atoms with van der Waals surface area (Å²) in [4.78, 5) is 46.0. The molecule has 2 spiro atoms. The Morgan fingerprint density at radius 1 is 0.889 bits per heavy atom. The third kappa shape index (κ3) is 2.72. The second-order valence-electron chi connectivity index (χ2n) is 8.84. The van der Waals surface area contributed by atoms with Gasteiger partial charge in [-0.05, 0) is 39.0 Å². The van der Waals surface area contributed by atoms with Crippen molar-refractivity contribution in [2.24, 2.45) is 10.8 Å². The second-order valence-corrected chi connectivity index (χ2v) is 8.84. The average molecular weight is 377 g/mol. The molecule has 150 valence electrons. The van der Waals surface area contributed by atoms with Crippen LogP contribution in [0, 0.1) is 10.8 Å². The van der Waals surface area contributed by atoms with E-state index in [1.165, 1.54) is 0 Å². The summed E-state index contributed by atoms with van der Waals surface area (Å²) >= 11 is 0. The molecule has 0 aromatic heterocycles. The first-order valence-electron chi connectivity index (χ1n) is 10.5. The number of likely N-dealkylation sites (tertiary alicyclic amines) is 4. The summed E-state index contributed by atoms with van der Waals surface area (Å²) in [5, 5.41) is 0. The van der Waals surface area contributed by atoms with Gasteiger partial charge in [-0.1, -0.05) is 0 Å². The maximum atomic E-state index is 13.3. The van der Waals surface area contributed by atoms with Gasteiger partial charge in [0.05, 0.1) is 5.41 Å². The van der Waals surface area contributed by atoms with Gasteiger partial charge in [0.2, 0.25) is 11.8 Å². The molecular weight excluding hydrogens is 344 g/mol. The van der Waals surface area contributed by atoms with Gasteiger partial charge in [0, 0.05) is 64.7 Å². The minimum Gasteiger partial charge on any atom is -0.342 e. The van der Waals surface area contributed by atoms with Crippen LogP contribution in [0.3, 0.4) is 0 Å². The van der Waals surface area contributed by atoms with E-state index in [-0.39, 0.29) is 23.3 Å². The summed E-state index contributed by atoms with van der Waals surface area (Å²) in [6.45, 7) is 9.50. The Morgan fingerprint density at radius 2 is 1.52 bits per heavy atom. The van der Waals surface area contributed by atoms with Gasteiger partial charge in [-0.15, -0.1) is 0 Å². The summed E-state index contributed by atoms with van der Waals surface area (Å²) in [6, 6.07) is 0.158. The standard InChI is InChI=1S/C20H32N4O3/c1-3-21-13-8-20(17(21)26)15-24(16(2)25)14-19(20)6-11-23(12-7-19)18(27)22-9-4-5-10-22/h3-15H2,1-2H3/t20-/m1/s1. The van der Waals surface area contributed by atoms with Crippen molar-refractivity contribution >= 4 is 17.8 Å². The fourth-order valence-corrected chi connectivity index (χ4v) is 5.94. The number of nitrogens with zero attached hydrogens (tertiary/aromatic N) is 4. The number of rotatable bonds is 1. The van der Waals surface area contributed by atoms with E-state index in [9.17, 15) is 14.4 Å². The van der Waals surface area contributed by atoms with Crippen LogP contribution in [0.15, 0.2) is 0 Å². The van der Waals surface area contributed by atoms with Gasteiger partial charge in [0.1, 0.15) is 0 Å². The largest absolute Gasteiger partial charge is 0.342 e. The SMILES string of the molecule is CCN1CC[C@@]2(CN(C(C)=O)CC23CCN(C(=O)N2CCCC2)CC3)C1=O. The minimum absolute atomic E-state index is 0.0598. The van der Waals surface area contributed by atoms with Crippen molar-refractivity contribution in [2.75, 3.05) is 52.4 Å². The van der Waals surface area contributed by atoms with Crippen LogP contribution in [0.1, 0.15) is 46.0 Å². The average Bonchev–Trinajstić information content (AvgIpc) is 3.37. The van der Waals surface area contributed by atoms with E-state index < -0.39 is 5.41 Å². The highest BCUT2D eigenvalue weighted by atomic mass is 16.2. The lowest BCUT2D eigenvalue weighted by molar-refractivity contribution is -0.142. The topological polar surface area (TPSA) is 64.2 Å². The highest BCUT2D eigenvalue weighted by Crippen LogP contribution is 2.57. The molecule has 0 radical (unpaired) electrons. The quantitative estimate of drug-likeness (QED) is 0.695. The molecule has 4 heterocycles. The van der Waals surface area contributed by atoms with E-state index in [0.717, 1.165) is 58.3 Å². The van der Waals surface area contributed by atoms with Crippen LogP contribution in [0.2, 0.25) is 0 Å². The maximum Gasteiger partial charge on any atom is 0.319 e. The fourth-order valence-electron chi connectivity index (χ4n) is 5.94. The molecule has 0 aromatic carbocycles. The molecule has 4 aliphatic rings. The van der Waals surface area contributed by atoms with E-state index in [0.29, 0.717) is 26.2 Å². The van der Waals surface area contributed by atoms with Crippen molar-refractivity contribution in [3.8, 4) is 0 Å². The number of piperidine rings is 1. The third-order valence-electron chi connectivity index (χ3n) is 7.67. The zero-order valence-electron chi connectivity index (χ0n) is 16.7. The smallest absolute Gasteiger partial charge is 0.319 e. The van der Waals surface area contributed by atoms with Gasteiger partial charge in [0.25, 0.3) is 0 Å². The van der Waals surface area contributed by atoms with E-state index in [4.69, 9.17) is 0 Å². The lowest BCUT2D eigenvalue weighted by Gasteiger charge is -2.47. The fraction of sp³-hybridized carbons (Fsp3) is 0.850. The van der Waals surface area contributed by atoms with Gasteiger partial charge in [-0.3, -0.25) is 9.59 Å². The van der Waals surface area contributed by atoms with Crippen LogP contribution in [-0.2, 0) is 9.59 Å². The summed E-state index contributed by atoms with van der Waals surface area (Å²) in [6.07, 6.45) is 4.67. The number of fused-ring (bicyclic) bond motifs is 1. The Balaban J connectivity index is 1.54. The molecule has 4 rings (SSSR count). The van der Waals surface area contributed by atoms with Gasteiger partial charge in [-0.2, -0.15) is 0 Å². The van der Waals surface area contributed by atoms with Crippen molar-refractivity contribution in [1.82, 2.24) is 19.6 Å². The molecular formula is C20H32N4O3. The Labute approximate surface area is 161 Å². The van der Waals surface area contributed by atoms with E-state index in [1.807, 2.05) is 26.5 Å². The molecule has 4 saturated heterocycles. The number of carbonyl (C=O) groups is 3. The van der Waals surface area contributed by atoms with Gasteiger partial charge in [-0.25, -0.2) is 4.79 Å². The lowest BCUT2D eigenvalue weighted by Crippen LogP contribution is -2.55. The van der Waals surface area contributed by atoms with Crippen LogP contribution < -0.4 is 0 Å². The van der Waals surface area contributed by atoms with E-state index in [1.54, 1.807) is 6.92 Å². The lowest BCUT2D eigenvalue weighted by atomic mass is 9.60. The molecule has 7 nitrogen and oxygen atoms in total. The summed E-state index contributed by atoms with van der Waals surface area (Å²) in [7, 11) is 0. The Hall–Kier alpha value is -1.79. The summed E-state index contributed by atoms with van der Waals surface area (Å²) in [5.41, 5.74) is -0.626. The molecule has 0 aromatic rings. The van der Waals surface area contributed by atoms with E-state index >= 15 is 0 Å². The monoisotopic (exact) mass is 376 g/mol. The number of hydrogen-bond donors (Lipinski definition) is 0. The number of urea groups is 1. The Bertz CT molecular complexity index is 637. The highest BCUT2D eigenvalue weighted by Gasteiger charge is 2.65. The highest BCUT2D eigenvalue weighted by molar-refractivity contribution is 5.88. The van der Waals surface area contributed by atoms with Crippen LogP contribution in [-0.4, -0.2) is 89.8 Å². The van der Waals surface area contributed by atoms with Crippen molar-refractivity contribution in [3.05, 3.63) is 0 Å². The number of carbonyl (C=O) groups excluding carboxylic acids is 3. The van der Waals surface area contributed by atoms with Crippen LogP contribution in [0.4, 0.5) is 4.79 Å². The summed E-state index contributed by atoms with van der Waals surface area (Å²) < 4.78 is 0. The third-order valence-corrected chi connectivity index (χ3v) is 7.67. The summed E-state index contributed by atoms with van der Waals surface area (Å²) in [5.74, 6) is 0.289. The van der Waals surface area contributed by atoms with Gasteiger partial charge in [0.15, 0.2) is 0 Å². The second kappa shape index (κ2) is 6.67. The number of amides is 4.